The van der Waals surface area contributed by atoms with Crippen LogP contribution in [0.25, 0.3) is 0 Å². The number of hydrogen-bond acceptors (Lipinski definition) is 4. The summed E-state index contributed by atoms with van der Waals surface area (Å²) >= 11 is 6.15. The molecule has 1 fully saturated rings. The Morgan fingerprint density at radius 1 is 1.06 bits per heavy atom. The second-order valence-electron chi connectivity index (χ2n) is 8.00. The summed E-state index contributed by atoms with van der Waals surface area (Å²) in [6.07, 6.45) is 1.36. The molecule has 1 heterocycles. The number of sulfonamides is 1. The van der Waals surface area contributed by atoms with Crippen molar-refractivity contribution in [2.45, 2.75) is 24.7 Å². The zero-order chi connectivity index (χ0) is 24.3. The Kier molecular flexibility index (Phi) is 6.90. The first-order chi connectivity index (χ1) is 16.3. The number of carbonyl (C=O) groups is 2. The summed E-state index contributed by atoms with van der Waals surface area (Å²) in [7, 11) is -4.03. The van der Waals surface area contributed by atoms with Crippen LogP contribution in [0.4, 0.5) is 17.1 Å². The number of amides is 2. The lowest BCUT2D eigenvalue weighted by atomic mass is 10.2. The van der Waals surface area contributed by atoms with Gasteiger partial charge in [-0.05, 0) is 67.4 Å². The predicted octanol–water partition coefficient (Wildman–Crippen LogP) is 4.61. The molecule has 2 amide bonds. The number of aryl methyl sites for hydroxylation is 1. The Labute approximate surface area is 204 Å². The van der Waals surface area contributed by atoms with E-state index < -0.39 is 22.5 Å². The molecule has 9 heteroatoms. The van der Waals surface area contributed by atoms with Gasteiger partial charge in [0.1, 0.15) is 6.54 Å². The van der Waals surface area contributed by atoms with E-state index in [2.05, 4.69) is 5.32 Å². The van der Waals surface area contributed by atoms with Gasteiger partial charge in [-0.3, -0.25) is 13.9 Å². The summed E-state index contributed by atoms with van der Waals surface area (Å²) in [4.78, 5) is 26.7. The first kappa shape index (κ1) is 23.8. The van der Waals surface area contributed by atoms with Gasteiger partial charge in [0, 0.05) is 29.4 Å². The van der Waals surface area contributed by atoms with Gasteiger partial charge in [0.05, 0.1) is 10.6 Å². The first-order valence-corrected chi connectivity index (χ1v) is 12.6. The zero-order valence-electron chi connectivity index (χ0n) is 18.6. The van der Waals surface area contributed by atoms with E-state index in [4.69, 9.17) is 11.6 Å². The van der Waals surface area contributed by atoms with Crippen LogP contribution in [0.2, 0.25) is 5.02 Å². The minimum atomic E-state index is -4.03. The molecule has 176 valence electrons. The van der Waals surface area contributed by atoms with Crippen molar-refractivity contribution in [3.8, 4) is 0 Å². The van der Waals surface area contributed by atoms with Gasteiger partial charge in [-0.25, -0.2) is 8.42 Å². The van der Waals surface area contributed by atoms with E-state index in [1.807, 2.05) is 0 Å². The van der Waals surface area contributed by atoms with Gasteiger partial charge in [0.2, 0.25) is 11.8 Å². The third-order valence-corrected chi connectivity index (χ3v) is 7.60. The largest absolute Gasteiger partial charge is 0.325 e. The molecule has 34 heavy (non-hydrogen) atoms. The average Bonchev–Trinajstić information content (AvgIpc) is 3.26. The van der Waals surface area contributed by atoms with E-state index in [1.54, 1.807) is 66.4 Å². The number of nitrogens with one attached hydrogen (secondary N) is 1. The molecule has 0 aliphatic carbocycles. The summed E-state index contributed by atoms with van der Waals surface area (Å²) in [5, 5.41) is 3.11. The molecule has 0 radical (unpaired) electrons. The molecule has 0 spiro atoms. The highest BCUT2D eigenvalue weighted by atomic mass is 35.5. The zero-order valence-corrected chi connectivity index (χ0v) is 20.1. The lowest BCUT2D eigenvalue weighted by Gasteiger charge is -2.26. The van der Waals surface area contributed by atoms with Crippen LogP contribution in [0, 0.1) is 6.92 Å². The summed E-state index contributed by atoms with van der Waals surface area (Å²) < 4.78 is 28.0. The van der Waals surface area contributed by atoms with Gasteiger partial charge in [-0.1, -0.05) is 35.9 Å². The van der Waals surface area contributed by atoms with Gasteiger partial charge in [-0.15, -0.1) is 0 Å². The van der Waals surface area contributed by atoms with Gasteiger partial charge < -0.3 is 10.2 Å². The van der Waals surface area contributed by atoms with Crippen LogP contribution in [0.1, 0.15) is 18.4 Å². The summed E-state index contributed by atoms with van der Waals surface area (Å²) in [6.45, 7) is 2.00. The third kappa shape index (κ3) is 5.08. The first-order valence-electron chi connectivity index (χ1n) is 10.8. The minimum absolute atomic E-state index is 0.0711. The fourth-order valence-electron chi connectivity index (χ4n) is 3.85. The maximum atomic E-state index is 13.5. The van der Waals surface area contributed by atoms with Crippen molar-refractivity contribution in [1.29, 1.82) is 0 Å². The van der Waals surface area contributed by atoms with Crippen LogP contribution >= 0.6 is 11.6 Å². The lowest BCUT2D eigenvalue weighted by molar-refractivity contribution is -0.117. The number of rotatable bonds is 7. The average molecular weight is 498 g/mol. The Morgan fingerprint density at radius 3 is 2.41 bits per heavy atom. The fourth-order valence-corrected chi connectivity index (χ4v) is 5.51. The standard InChI is InChI=1S/C25H24ClN3O4S/c1-18-9-10-19(26)16-23(18)29(34(32,33)22-6-3-2-4-7-22)17-24(30)27-20-11-13-21(14-12-20)28-15-5-8-25(28)31/h2-4,6-7,9-14,16H,5,8,15,17H2,1H3,(H,27,30). The van der Waals surface area contributed by atoms with E-state index in [0.29, 0.717) is 34.9 Å². The molecule has 1 aliphatic rings. The maximum absolute atomic E-state index is 13.5. The van der Waals surface area contributed by atoms with Crippen LogP contribution in [0.15, 0.2) is 77.7 Å². The van der Waals surface area contributed by atoms with Crippen molar-refractivity contribution < 1.29 is 18.0 Å². The molecule has 0 saturated carbocycles. The molecule has 0 unspecified atom stereocenters. The summed E-state index contributed by atoms with van der Waals surface area (Å²) in [6, 6.07) is 19.8. The van der Waals surface area contributed by atoms with Crippen LogP contribution in [-0.4, -0.2) is 33.3 Å². The molecule has 1 saturated heterocycles. The van der Waals surface area contributed by atoms with Crippen molar-refractivity contribution in [2.75, 3.05) is 27.6 Å². The molecule has 1 aliphatic heterocycles. The quantitative estimate of drug-likeness (QED) is 0.516. The van der Waals surface area contributed by atoms with Crippen molar-refractivity contribution in [2.24, 2.45) is 0 Å². The van der Waals surface area contributed by atoms with Gasteiger partial charge >= 0.3 is 0 Å². The molecule has 0 bridgehead atoms. The van der Waals surface area contributed by atoms with Crippen molar-refractivity contribution in [3.05, 3.63) is 83.4 Å². The molecular formula is C25H24ClN3O4S. The number of anilines is 3. The smallest absolute Gasteiger partial charge is 0.264 e. The second kappa shape index (κ2) is 9.87. The lowest BCUT2D eigenvalue weighted by Crippen LogP contribution is -2.38. The Hall–Kier alpha value is -3.36. The fraction of sp³-hybridized carbons (Fsp3) is 0.200. The van der Waals surface area contributed by atoms with E-state index >= 15 is 0 Å². The highest BCUT2D eigenvalue weighted by Crippen LogP contribution is 2.30. The normalized spacial score (nSPS) is 13.7. The second-order valence-corrected chi connectivity index (χ2v) is 10.3. The maximum Gasteiger partial charge on any atom is 0.264 e. The molecule has 4 rings (SSSR count). The highest BCUT2D eigenvalue weighted by Gasteiger charge is 2.28. The Bertz CT molecular complexity index is 1310. The van der Waals surface area contributed by atoms with Gasteiger partial charge in [-0.2, -0.15) is 0 Å². The van der Waals surface area contributed by atoms with Gasteiger partial charge in [0.25, 0.3) is 10.0 Å². The molecule has 0 atom stereocenters. The monoisotopic (exact) mass is 497 g/mol. The number of benzene rings is 3. The van der Waals surface area contributed by atoms with E-state index in [1.165, 1.54) is 18.2 Å². The van der Waals surface area contributed by atoms with Crippen molar-refractivity contribution in [3.63, 3.8) is 0 Å². The number of nitrogens with zero attached hydrogens (tertiary/aromatic N) is 2. The van der Waals surface area contributed by atoms with Crippen LogP contribution < -0.4 is 14.5 Å². The molecule has 7 nitrogen and oxygen atoms in total. The SMILES string of the molecule is Cc1ccc(Cl)cc1N(CC(=O)Nc1ccc(N2CCCC2=O)cc1)S(=O)(=O)c1ccccc1. The summed E-state index contributed by atoms with van der Waals surface area (Å²) in [5.41, 5.74) is 2.26. The minimum Gasteiger partial charge on any atom is -0.325 e. The number of carbonyl (C=O) groups excluding carboxylic acids is 2. The van der Waals surface area contributed by atoms with Crippen LogP contribution in [-0.2, 0) is 19.6 Å². The van der Waals surface area contributed by atoms with Crippen LogP contribution in [0.3, 0.4) is 0 Å². The highest BCUT2D eigenvalue weighted by molar-refractivity contribution is 7.92. The van der Waals surface area contributed by atoms with E-state index in [0.717, 1.165) is 16.4 Å². The molecule has 3 aromatic carbocycles. The molecule has 1 N–H and O–H groups in total. The molecule has 0 aromatic heterocycles. The Balaban J connectivity index is 1.58. The van der Waals surface area contributed by atoms with E-state index in [9.17, 15) is 18.0 Å². The van der Waals surface area contributed by atoms with Crippen molar-refractivity contribution >= 4 is 50.5 Å². The summed E-state index contributed by atoms with van der Waals surface area (Å²) in [5.74, 6) is -0.431. The third-order valence-electron chi connectivity index (χ3n) is 5.59. The van der Waals surface area contributed by atoms with Gasteiger partial charge in [0.15, 0.2) is 0 Å². The Morgan fingerprint density at radius 2 is 1.76 bits per heavy atom. The molecule has 3 aromatic rings. The topological polar surface area (TPSA) is 86.8 Å². The predicted molar refractivity (Wildman–Crippen MR) is 134 cm³/mol. The van der Waals surface area contributed by atoms with E-state index in [-0.39, 0.29) is 10.8 Å². The number of halogens is 1. The van der Waals surface area contributed by atoms with Crippen molar-refractivity contribution in [1.82, 2.24) is 0 Å². The molecular weight excluding hydrogens is 474 g/mol. The number of hydrogen-bond donors (Lipinski definition) is 1. The van der Waals surface area contributed by atoms with Crippen LogP contribution in [0.5, 0.6) is 0 Å².